The summed E-state index contributed by atoms with van der Waals surface area (Å²) in [6, 6.07) is 2.50. The van der Waals surface area contributed by atoms with E-state index in [0.29, 0.717) is 64.2 Å². The molecule has 6 aromatic rings. The summed E-state index contributed by atoms with van der Waals surface area (Å²) in [5, 5.41) is 71.2. The van der Waals surface area contributed by atoms with Gasteiger partial charge < -0.3 is 125 Å². The van der Waals surface area contributed by atoms with Crippen LogP contribution in [0.4, 0.5) is 0 Å². The van der Waals surface area contributed by atoms with Gasteiger partial charge in [-0.05, 0) is 111 Å². The molecule has 23 N–H and O–H groups in total. The number of amides is 17. The minimum Gasteiger partial charge on any atom is -0.508 e. The number of fused-ring (bicyclic) bond motifs is 4. The molecule has 0 bridgehead atoms. The maximum absolute atomic E-state index is 15.8. The Morgan fingerprint density at radius 3 is 1.67 bits per heavy atom. The van der Waals surface area contributed by atoms with Crippen LogP contribution in [-0.2, 0) is 107 Å². The van der Waals surface area contributed by atoms with Crippen LogP contribution in [0.2, 0.25) is 0 Å². The fraction of sp³-hybridized carbons (Fsp3) is 0.516. The van der Waals surface area contributed by atoms with E-state index in [1.54, 1.807) is 93.0 Å². The topological polar surface area (TPSA) is 646 Å². The molecule has 15 atom stereocenters. The SMILES string of the molecule is CCCC[C@H]1C(=O)N(C)[C@@H](CCCC)C(=O)N[C@@H](CCCNC(=N)N)C(=O)N[C@H](C(=O)NCC(N)=O)CSCC(=O)N[C@@H](Cc2ccc(O)cc2)C(=O)N(C)[C@@H](C)C(=O)N[C@@H](CC(N)=O)C(=O)N2CCC[C@H]2C(=O)N[C@@H](Cc2ccccn2)C(=O)N[C@@H](CC(C)C)C(=O)N2C[C@H](O)CC2C(=O)N[C@@H](Cc2c[nH]c3ccccc23)C(=O)N[C@@H](CO)C(=O)N[C@@H](Cc2c[nH]c3ccccc23)C(=O)N1C. The molecule has 137 heavy (non-hydrogen) atoms. The molecule has 44 heteroatoms. The molecule has 3 fully saturated rings. The Labute approximate surface area is 796 Å². The molecule has 3 aliphatic heterocycles. The number of hydrogen-bond donors (Lipinski definition) is 20. The van der Waals surface area contributed by atoms with Crippen LogP contribution in [0.5, 0.6) is 5.75 Å². The monoisotopic (exact) mass is 1920 g/mol. The second kappa shape index (κ2) is 51.2. The number of primary amides is 2. The van der Waals surface area contributed by atoms with Crippen LogP contribution in [0.1, 0.15) is 140 Å². The first-order chi connectivity index (χ1) is 65.3. The van der Waals surface area contributed by atoms with Crippen molar-refractivity contribution in [1.82, 2.24) is 97.9 Å². The summed E-state index contributed by atoms with van der Waals surface area (Å²) in [6.45, 7) is 6.01. The highest BCUT2D eigenvalue weighted by Crippen LogP contribution is 2.28. The molecule has 17 amide bonds. The molecule has 1 unspecified atom stereocenters. The van der Waals surface area contributed by atoms with Crippen LogP contribution in [-0.4, -0.2) is 317 Å². The van der Waals surface area contributed by atoms with Gasteiger partial charge in [0.2, 0.25) is 100 Å². The maximum Gasteiger partial charge on any atom is 0.246 e. The predicted octanol–water partition coefficient (Wildman–Crippen LogP) is -2.26. The lowest BCUT2D eigenvalue weighted by Gasteiger charge is -2.36. The highest BCUT2D eigenvalue weighted by atomic mass is 32.2. The third kappa shape index (κ3) is 30.1. The first kappa shape index (κ1) is 107. The van der Waals surface area contributed by atoms with Crippen LogP contribution in [0.15, 0.2) is 110 Å². The number of H-pyrrole nitrogens is 2. The molecule has 742 valence electrons. The van der Waals surface area contributed by atoms with E-state index in [1.165, 1.54) is 58.5 Å². The number of para-hydroxylation sites is 2. The minimum absolute atomic E-state index is 0.0132. The summed E-state index contributed by atoms with van der Waals surface area (Å²) in [7, 11) is 3.90. The number of unbranched alkanes of at least 4 members (excludes halogenated alkanes) is 2. The number of guanidine groups is 1. The van der Waals surface area contributed by atoms with Crippen LogP contribution in [0, 0.1) is 11.3 Å². The van der Waals surface area contributed by atoms with Gasteiger partial charge in [0.05, 0.1) is 31.4 Å². The number of carbonyl (C=O) groups excluding carboxylic acids is 17. The normalized spacial score (nSPS) is 24.5. The molecule has 0 saturated carbocycles. The predicted molar refractivity (Wildman–Crippen MR) is 505 cm³/mol. The van der Waals surface area contributed by atoms with Gasteiger partial charge in [-0.1, -0.05) is 108 Å². The third-order valence-corrected chi connectivity index (χ3v) is 25.5. The van der Waals surface area contributed by atoms with Crippen molar-refractivity contribution in [3.63, 3.8) is 0 Å². The van der Waals surface area contributed by atoms with Gasteiger partial charge in [0.25, 0.3) is 0 Å². The summed E-state index contributed by atoms with van der Waals surface area (Å²) in [6.07, 6.45) is 2.37. The van der Waals surface area contributed by atoms with Crippen LogP contribution in [0.25, 0.3) is 21.8 Å². The van der Waals surface area contributed by atoms with E-state index < -0.39 is 241 Å². The first-order valence-corrected chi connectivity index (χ1v) is 47.2. The molecule has 3 aromatic heterocycles. The van der Waals surface area contributed by atoms with E-state index in [4.69, 9.17) is 22.6 Å². The van der Waals surface area contributed by atoms with E-state index >= 15 is 38.4 Å². The Hall–Kier alpha value is -13.8. The van der Waals surface area contributed by atoms with Crippen molar-refractivity contribution in [2.45, 2.75) is 234 Å². The minimum atomic E-state index is -1.90. The zero-order valence-corrected chi connectivity index (χ0v) is 79.0. The molecule has 6 heterocycles. The number of thioether (sulfide) groups is 1. The van der Waals surface area contributed by atoms with Gasteiger partial charge >= 0.3 is 0 Å². The number of nitrogens with zero attached hydrogens (tertiary/aromatic N) is 6. The lowest BCUT2D eigenvalue weighted by Crippen LogP contribution is -2.62. The zero-order chi connectivity index (χ0) is 100. The Morgan fingerprint density at radius 1 is 0.540 bits per heavy atom. The molecular weight excluding hydrogens is 1790 g/mol. The van der Waals surface area contributed by atoms with Crippen molar-refractivity contribution >= 4 is 140 Å². The molecule has 3 aromatic carbocycles. The fourth-order valence-corrected chi connectivity index (χ4v) is 17.8. The number of aliphatic hydroxyl groups is 2. The van der Waals surface area contributed by atoms with Crippen molar-refractivity contribution in [3.05, 3.63) is 132 Å². The third-order valence-electron chi connectivity index (χ3n) is 24.5. The number of nitrogens with two attached hydrogens (primary N) is 3. The van der Waals surface area contributed by atoms with E-state index in [1.807, 2.05) is 13.8 Å². The van der Waals surface area contributed by atoms with Crippen molar-refractivity contribution in [2.75, 3.05) is 65.4 Å². The number of likely N-dealkylation sites (N-methyl/N-ethyl adjacent to an activating group) is 3. The molecule has 9 rings (SSSR count). The van der Waals surface area contributed by atoms with Crippen molar-refractivity contribution in [2.24, 2.45) is 23.1 Å². The van der Waals surface area contributed by atoms with E-state index in [9.17, 15) is 58.5 Å². The molecule has 3 aliphatic rings. The van der Waals surface area contributed by atoms with Crippen molar-refractivity contribution in [3.8, 4) is 5.75 Å². The van der Waals surface area contributed by atoms with Crippen LogP contribution < -0.4 is 75.7 Å². The fourth-order valence-electron chi connectivity index (χ4n) is 16.9. The molecule has 0 radical (unpaired) electrons. The number of pyridine rings is 1. The maximum atomic E-state index is 15.8. The largest absolute Gasteiger partial charge is 0.508 e. The van der Waals surface area contributed by atoms with Gasteiger partial charge in [0.1, 0.15) is 90.3 Å². The van der Waals surface area contributed by atoms with E-state index in [0.717, 1.165) is 36.3 Å². The second-order valence-corrected chi connectivity index (χ2v) is 36.3. The van der Waals surface area contributed by atoms with Gasteiger partial charge in [0, 0.05) is 125 Å². The number of carbonyl (C=O) groups is 17. The Morgan fingerprint density at radius 2 is 1.07 bits per heavy atom. The number of aromatic amines is 2. The first-order valence-electron chi connectivity index (χ1n) is 46.0. The molecule has 0 aliphatic carbocycles. The number of aromatic nitrogens is 3. The number of phenols is 1. The van der Waals surface area contributed by atoms with Crippen molar-refractivity contribution in [1.29, 1.82) is 5.41 Å². The summed E-state index contributed by atoms with van der Waals surface area (Å²) in [4.78, 5) is 267. The average molecular weight is 1920 g/mol. The van der Waals surface area contributed by atoms with Crippen LogP contribution >= 0.6 is 11.8 Å². The summed E-state index contributed by atoms with van der Waals surface area (Å²) < 4.78 is 0. The molecule has 43 nitrogen and oxygen atoms in total. The highest BCUT2D eigenvalue weighted by Gasteiger charge is 2.47. The Balaban J connectivity index is 1.11. The smallest absolute Gasteiger partial charge is 0.246 e. The quantitative estimate of drug-likeness (QED) is 0.0155. The number of rotatable bonds is 26. The number of phenolic OH excluding ortho intramolecular Hbond substituents is 1. The Kier molecular flexibility index (Phi) is 40.0. The van der Waals surface area contributed by atoms with Gasteiger partial charge in [-0.3, -0.25) is 91.9 Å². The zero-order valence-electron chi connectivity index (χ0n) is 78.2. The summed E-state index contributed by atoms with van der Waals surface area (Å²) in [5.41, 5.74) is 19.7. The number of aliphatic hydroxyl groups excluding tert-OH is 2. The van der Waals surface area contributed by atoms with E-state index in [2.05, 4.69) is 73.4 Å². The summed E-state index contributed by atoms with van der Waals surface area (Å²) >= 11 is 0.761. The second-order valence-electron chi connectivity index (χ2n) is 35.2. The average Bonchev–Trinajstić information content (AvgIpc) is 1.67. The van der Waals surface area contributed by atoms with Gasteiger partial charge in [0.15, 0.2) is 5.96 Å². The lowest BCUT2D eigenvalue weighted by molar-refractivity contribution is -0.149. The highest BCUT2D eigenvalue weighted by molar-refractivity contribution is 8.00. The Bertz CT molecular complexity index is 5290. The molecule has 0 spiro atoms. The number of hydrogen-bond acceptors (Lipinski definition) is 23. The van der Waals surface area contributed by atoms with Gasteiger partial charge in [-0.15, -0.1) is 11.8 Å². The number of nitrogens with one attached hydrogen (secondary N) is 14. The van der Waals surface area contributed by atoms with Crippen molar-refractivity contribution < 1.29 is 96.8 Å². The molecular formula is C93H129N23O20S. The standard InChI is InChI=1S/C93H129N23O20S/c1-9-11-27-72-85(129)104-63(26-19-35-99-93(96)97)81(125)111-71(80(124)102-46-77(95)121)49-137-50-78(122)103-67(38-53-30-32-57(118)33-31-53)88(132)112(6)52(5)79(123)107-69(43-76(94)120)90(134)115-36-20-29-73(115)86(130)106-65(41-56-21-17-18-34-98-56)83(127)108-66(37-51(3)4)91(135)116-47-58(119)42-75(116)87(131)105-64(39-54-44-100-61-24-15-13-22-59(54)61)82(126)110-70(48-117)84(128)109-68(40-55-45-101-62-25-16-14-23-60(55)62)89(133)114(8)74(28-12-10-2)92(136)113(72)7/h13-18,21-25,30-34,44-45,51-52,58,63-75,100-101,117-119H,9-12,19-20,26-29,35-43,46-50H2,1-8H3,(H2,94,120)(H2,95,121)(H,102,124)(H,103,122)(H,104,129)(H,105,131)(H,106,130)(H,107,123)(H,108,127)(H,109,128)(H,110,126)(H,111,125)(H4,96,97,99)/t52-,58+,63-,64-,65-,66-,67-,68-,69-,70-,71-,72-,73-,74-,75?/m0/s1. The van der Waals surface area contributed by atoms with Gasteiger partial charge in [-0.25, -0.2) is 0 Å². The number of aromatic hydroxyl groups is 1. The van der Waals surface area contributed by atoms with Crippen LogP contribution in [0.3, 0.4) is 0 Å². The molecule has 3 saturated heterocycles. The summed E-state index contributed by atoms with van der Waals surface area (Å²) in [5.74, 6) is -18.1. The van der Waals surface area contributed by atoms with E-state index in [-0.39, 0.29) is 101 Å². The number of benzene rings is 3. The lowest BCUT2D eigenvalue weighted by atomic mass is 10.00. The van der Waals surface area contributed by atoms with Gasteiger partial charge in [-0.2, -0.15) is 0 Å².